The van der Waals surface area contributed by atoms with Crippen LogP contribution in [0.5, 0.6) is 0 Å². The Morgan fingerprint density at radius 3 is 2.57 bits per heavy atom. The number of aromatic nitrogens is 3. The van der Waals surface area contributed by atoms with Crippen LogP contribution in [0.4, 0.5) is 4.39 Å². The molecule has 1 amide bonds. The Morgan fingerprint density at radius 2 is 2.00 bits per heavy atom. The highest BCUT2D eigenvalue weighted by molar-refractivity contribution is 5.94. The van der Waals surface area contributed by atoms with E-state index in [0.29, 0.717) is 5.69 Å². The third kappa shape index (κ3) is 3.20. The highest BCUT2D eigenvalue weighted by Crippen LogP contribution is 2.25. The smallest absolute Gasteiger partial charge is 0.323 e. The third-order valence-corrected chi connectivity index (χ3v) is 3.85. The molecule has 0 aliphatic heterocycles. The van der Waals surface area contributed by atoms with Gasteiger partial charge in [0, 0.05) is 6.04 Å². The number of carbonyl (C=O) groups is 2. The lowest BCUT2D eigenvalue weighted by Gasteiger charge is -2.36. The molecule has 1 aromatic carbocycles. The number of benzene rings is 1. The van der Waals surface area contributed by atoms with E-state index in [1.54, 1.807) is 0 Å². The van der Waals surface area contributed by atoms with E-state index in [1.165, 1.54) is 40.2 Å². The van der Waals surface area contributed by atoms with Crippen molar-refractivity contribution in [2.45, 2.75) is 25.3 Å². The van der Waals surface area contributed by atoms with Gasteiger partial charge in [-0.1, -0.05) is 0 Å². The molecule has 1 aliphatic carbocycles. The van der Waals surface area contributed by atoms with Gasteiger partial charge in [-0.15, -0.1) is 5.10 Å². The summed E-state index contributed by atoms with van der Waals surface area (Å²) in [6, 6.07) is 5.46. The van der Waals surface area contributed by atoms with E-state index in [1.807, 2.05) is 0 Å². The summed E-state index contributed by atoms with van der Waals surface area (Å²) in [5, 5.41) is 17.1. The summed E-state index contributed by atoms with van der Waals surface area (Å²) in [7, 11) is 0. The van der Waals surface area contributed by atoms with Crippen molar-refractivity contribution in [1.82, 2.24) is 19.9 Å². The standard InChI is InChI=1S/C15H15FN4O3/c16-10-4-6-12(7-5-10)20-17-8-13(18-20)15(23)19(9-14(21)22)11-2-1-3-11/h4-8,11H,1-3,9H2,(H,21,22). The van der Waals surface area contributed by atoms with Gasteiger partial charge in [0.1, 0.15) is 12.4 Å². The van der Waals surface area contributed by atoms with Gasteiger partial charge >= 0.3 is 5.97 Å². The lowest BCUT2D eigenvalue weighted by molar-refractivity contribution is -0.138. The lowest BCUT2D eigenvalue weighted by Crippen LogP contribution is -2.46. The molecule has 1 aliphatic rings. The monoisotopic (exact) mass is 318 g/mol. The zero-order valence-corrected chi connectivity index (χ0v) is 12.2. The second-order valence-electron chi connectivity index (χ2n) is 5.41. The quantitative estimate of drug-likeness (QED) is 0.902. The van der Waals surface area contributed by atoms with Crippen molar-refractivity contribution in [3.05, 3.63) is 42.0 Å². The maximum absolute atomic E-state index is 12.9. The van der Waals surface area contributed by atoms with Crippen LogP contribution in [-0.4, -0.2) is 49.5 Å². The molecule has 8 heteroatoms. The van der Waals surface area contributed by atoms with E-state index in [-0.39, 0.29) is 24.1 Å². The van der Waals surface area contributed by atoms with Crippen molar-refractivity contribution in [3.63, 3.8) is 0 Å². The predicted molar refractivity (Wildman–Crippen MR) is 77.6 cm³/mol. The molecule has 2 aromatic rings. The zero-order valence-electron chi connectivity index (χ0n) is 12.2. The Labute approximate surface area is 131 Å². The van der Waals surface area contributed by atoms with Gasteiger partial charge in [-0.2, -0.15) is 9.90 Å². The minimum atomic E-state index is -1.06. The first-order chi connectivity index (χ1) is 11.0. The van der Waals surface area contributed by atoms with Gasteiger partial charge in [-0.25, -0.2) is 4.39 Å². The molecular formula is C15H15FN4O3. The van der Waals surface area contributed by atoms with Gasteiger partial charge < -0.3 is 10.0 Å². The SMILES string of the molecule is O=C(O)CN(C(=O)c1cnn(-c2ccc(F)cc2)n1)C1CCC1. The minimum absolute atomic E-state index is 0.0606. The van der Waals surface area contributed by atoms with Crippen LogP contribution >= 0.6 is 0 Å². The number of hydrogen-bond donors (Lipinski definition) is 1. The molecule has 7 nitrogen and oxygen atoms in total. The number of halogens is 1. The minimum Gasteiger partial charge on any atom is -0.480 e. The fraction of sp³-hybridized carbons (Fsp3) is 0.333. The van der Waals surface area contributed by atoms with Crippen LogP contribution in [0.15, 0.2) is 30.5 Å². The number of hydrogen-bond acceptors (Lipinski definition) is 4. The van der Waals surface area contributed by atoms with E-state index < -0.39 is 11.9 Å². The maximum Gasteiger partial charge on any atom is 0.323 e. The molecule has 1 aromatic heterocycles. The Kier molecular flexibility index (Phi) is 4.05. The molecule has 1 N–H and O–H groups in total. The average Bonchev–Trinajstić information content (AvgIpc) is 2.94. The number of carboxylic acids is 1. The van der Waals surface area contributed by atoms with Crippen molar-refractivity contribution < 1.29 is 19.1 Å². The van der Waals surface area contributed by atoms with Crippen LogP contribution in [-0.2, 0) is 4.79 Å². The molecule has 23 heavy (non-hydrogen) atoms. The van der Waals surface area contributed by atoms with Gasteiger partial charge in [0.15, 0.2) is 5.69 Å². The first-order valence-electron chi connectivity index (χ1n) is 7.25. The Bertz CT molecular complexity index is 725. The van der Waals surface area contributed by atoms with Crippen LogP contribution in [0, 0.1) is 5.82 Å². The van der Waals surface area contributed by atoms with E-state index in [4.69, 9.17) is 5.11 Å². The molecule has 120 valence electrons. The summed E-state index contributed by atoms with van der Waals surface area (Å²) in [5.74, 6) is -1.89. The van der Waals surface area contributed by atoms with Gasteiger partial charge in [0.05, 0.1) is 11.9 Å². The fourth-order valence-electron chi connectivity index (χ4n) is 2.42. The highest BCUT2D eigenvalue weighted by Gasteiger charge is 2.32. The molecule has 0 spiro atoms. The van der Waals surface area contributed by atoms with Gasteiger partial charge in [-0.3, -0.25) is 9.59 Å². The molecule has 0 radical (unpaired) electrons. The third-order valence-electron chi connectivity index (χ3n) is 3.85. The number of rotatable bonds is 5. The Hall–Kier alpha value is -2.77. The summed E-state index contributed by atoms with van der Waals surface area (Å²) in [6.07, 6.45) is 3.87. The van der Waals surface area contributed by atoms with Crippen molar-refractivity contribution in [1.29, 1.82) is 0 Å². The summed E-state index contributed by atoms with van der Waals surface area (Å²) in [5.41, 5.74) is 0.585. The largest absolute Gasteiger partial charge is 0.480 e. The van der Waals surface area contributed by atoms with Crippen LogP contribution in [0.3, 0.4) is 0 Å². The number of aliphatic carboxylic acids is 1. The van der Waals surface area contributed by atoms with E-state index >= 15 is 0 Å². The van der Waals surface area contributed by atoms with Crippen molar-refractivity contribution in [2.24, 2.45) is 0 Å². The molecule has 1 fully saturated rings. The Balaban J connectivity index is 1.81. The van der Waals surface area contributed by atoms with Crippen molar-refractivity contribution in [3.8, 4) is 5.69 Å². The van der Waals surface area contributed by atoms with Gasteiger partial charge in [0.25, 0.3) is 5.91 Å². The molecule has 1 heterocycles. The molecule has 0 atom stereocenters. The molecule has 0 bridgehead atoms. The van der Waals surface area contributed by atoms with E-state index in [2.05, 4.69) is 10.2 Å². The normalized spacial score (nSPS) is 14.3. The first kappa shape index (κ1) is 15.1. The zero-order chi connectivity index (χ0) is 16.4. The fourth-order valence-corrected chi connectivity index (χ4v) is 2.42. The maximum atomic E-state index is 12.9. The van der Waals surface area contributed by atoms with Crippen LogP contribution < -0.4 is 0 Å². The second-order valence-corrected chi connectivity index (χ2v) is 5.41. The summed E-state index contributed by atoms with van der Waals surface area (Å²) in [4.78, 5) is 26.0. The number of carboxylic acid groups (broad SMARTS) is 1. The number of amides is 1. The van der Waals surface area contributed by atoms with Gasteiger partial charge in [-0.05, 0) is 43.5 Å². The van der Waals surface area contributed by atoms with Gasteiger partial charge in [0.2, 0.25) is 0 Å². The van der Waals surface area contributed by atoms with Crippen LogP contribution in [0.2, 0.25) is 0 Å². The lowest BCUT2D eigenvalue weighted by atomic mass is 9.91. The molecule has 0 unspecified atom stereocenters. The topological polar surface area (TPSA) is 88.3 Å². The number of carbonyl (C=O) groups excluding carboxylic acids is 1. The van der Waals surface area contributed by atoms with Crippen molar-refractivity contribution in [2.75, 3.05) is 6.54 Å². The molecule has 0 saturated heterocycles. The average molecular weight is 318 g/mol. The second kappa shape index (κ2) is 6.15. The summed E-state index contributed by atoms with van der Waals surface area (Å²) >= 11 is 0. The van der Waals surface area contributed by atoms with Crippen molar-refractivity contribution >= 4 is 11.9 Å². The summed E-state index contributed by atoms with van der Waals surface area (Å²) in [6.45, 7) is -0.354. The van der Waals surface area contributed by atoms with Crippen LogP contribution in [0.1, 0.15) is 29.8 Å². The molecule has 3 rings (SSSR count). The number of nitrogens with zero attached hydrogens (tertiary/aromatic N) is 4. The van der Waals surface area contributed by atoms with E-state index in [9.17, 15) is 14.0 Å². The molecule has 1 saturated carbocycles. The van der Waals surface area contributed by atoms with Crippen LogP contribution in [0.25, 0.3) is 5.69 Å². The van der Waals surface area contributed by atoms with E-state index in [0.717, 1.165) is 19.3 Å². The Morgan fingerprint density at radius 1 is 1.30 bits per heavy atom. The predicted octanol–water partition coefficient (Wildman–Crippen LogP) is 1.49. The highest BCUT2D eigenvalue weighted by atomic mass is 19.1. The summed E-state index contributed by atoms with van der Waals surface area (Å²) < 4.78 is 12.9. The first-order valence-corrected chi connectivity index (χ1v) is 7.25. The molecular weight excluding hydrogens is 303 g/mol.